The minimum absolute atomic E-state index is 0.0112. The number of nitrogens with one attached hydrogen (secondary N) is 1. The van der Waals surface area contributed by atoms with Crippen LogP contribution in [0.2, 0.25) is 0 Å². The number of aromatic nitrogens is 2. The highest BCUT2D eigenvalue weighted by Gasteiger charge is 2.34. The first-order chi connectivity index (χ1) is 15.3. The van der Waals surface area contributed by atoms with Gasteiger partial charge in [-0.1, -0.05) is 59.9 Å². The highest BCUT2D eigenvalue weighted by Crippen LogP contribution is 2.35. The number of rotatable bonds is 7. The van der Waals surface area contributed by atoms with Crippen molar-refractivity contribution in [2.24, 2.45) is 0 Å². The van der Waals surface area contributed by atoms with Crippen LogP contribution in [0.5, 0.6) is 0 Å². The number of hydrogen-bond donors (Lipinski definition) is 1. The van der Waals surface area contributed by atoms with Gasteiger partial charge in [-0.05, 0) is 24.1 Å². The molecule has 10 heteroatoms. The van der Waals surface area contributed by atoms with Crippen LogP contribution in [-0.4, -0.2) is 42.7 Å². The summed E-state index contributed by atoms with van der Waals surface area (Å²) in [5.41, 5.74) is 2.52. The van der Waals surface area contributed by atoms with Crippen LogP contribution in [0.1, 0.15) is 28.5 Å². The second kappa shape index (κ2) is 9.17. The number of carbonyl (C=O) groups is 2. The third kappa shape index (κ3) is 5.20. The number of carbonyl (C=O) groups excluding carboxylic acids is 2. The standard InChI is InChI=1S/C22H22N4O4S2/c1-15-7-5-6-10-18(15)26-12-17(11-20(26)28)21-24-25-22(31-21)23-19(27)14-32(29,30)13-16-8-3-2-4-9-16/h2-10,17H,11-14H2,1H3,(H,23,25,27)/t17-/m0/s1. The molecule has 166 valence electrons. The van der Waals surface area contributed by atoms with Crippen LogP contribution in [-0.2, 0) is 25.2 Å². The van der Waals surface area contributed by atoms with Crippen molar-refractivity contribution in [3.8, 4) is 0 Å². The van der Waals surface area contributed by atoms with E-state index in [-0.39, 0.29) is 22.7 Å². The second-order valence-electron chi connectivity index (χ2n) is 7.70. The maximum Gasteiger partial charge on any atom is 0.241 e. The lowest BCUT2D eigenvalue weighted by Gasteiger charge is -2.18. The largest absolute Gasteiger partial charge is 0.311 e. The summed E-state index contributed by atoms with van der Waals surface area (Å²) in [4.78, 5) is 26.6. The number of aryl methyl sites for hydroxylation is 1. The molecule has 1 saturated heterocycles. The van der Waals surface area contributed by atoms with Gasteiger partial charge in [0.1, 0.15) is 10.8 Å². The third-order valence-electron chi connectivity index (χ3n) is 5.15. The molecule has 1 N–H and O–H groups in total. The molecule has 32 heavy (non-hydrogen) atoms. The minimum atomic E-state index is -3.62. The Hall–Kier alpha value is -3.11. The van der Waals surface area contributed by atoms with Crippen LogP contribution in [0.15, 0.2) is 54.6 Å². The smallest absolute Gasteiger partial charge is 0.241 e. The van der Waals surface area contributed by atoms with Gasteiger partial charge in [0.15, 0.2) is 9.84 Å². The van der Waals surface area contributed by atoms with Crippen molar-refractivity contribution < 1.29 is 18.0 Å². The van der Waals surface area contributed by atoms with Crippen LogP contribution in [0.3, 0.4) is 0 Å². The molecule has 0 spiro atoms. The van der Waals surface area contributed by atoms with E-state index in [1.165, 1.54) is 0 Å². The van der Waals surface area contributed by atoms with E-state index >= 15 is 0 Å². The Bertz CT molecular complexity index is 1240. The second-order valence-corrected chi connectivity index (χ2v) is 10.8. The van der Waals surface area contributed by atoms with E-state index in [0.29, 0.717) is 23.5 Å². The Kier molecular flexibility index (Phi) is 6.33. The molecule has 1 fully saturated rings. The van der Waals surface area contributed by atoms with Crippen molar-refractivity contribution in [2.75, 3.05) is 22.5 Å². The normalized spacial score (nSPS) is 16.3. The molecule has 0 saturated carbocycles. The first kappa shape index (κ1) is 22.1. The summed E-state index contributed by atoms with van der Waals surface area (Å²) in [6.45, 7) is 2.44. The quantitative estimate of drug-likeness (QED) is 0.569. The topological polar surface area (TPSA) is 109 Å². The van der Waals surface area contributed by atoms with Gasteiger partial charge in [0.05, 0.1) is 5.75 Å². The molecular weight excluding hydrogens is 448 g/mol. The first-order valence-electron chi connectivity index (χ1n) is 10.0. The van der Waals surface area contributed by atoms with Crippen molar-refractivity contribution in [2.45, 2.75) is 25.0 Å². The van der Waals surface area contributed by atoms with Crippen molar-refractivity contribution in [1.82, 2.24) is 10.2 Å². The van der Waals surface area contributed by atoms with Gasteiger partial charge in [0, 0.05) is 24.6 Å². The fraction of sp³-hybridized carbons (Fsp3) is 0.273. The molecule has 4 rings (SSSR count). The summed E-state index contributed by atoms with van der Waals surface area (Å²) in [7, 11) is -3.62. The molecular formula is C22H22N4O4S2. The lowest BCUT2D eigenvalue weighted by molar-refractivity contribution is -0.117. The lowest BCUT2D eigenvalue weighted by atomic mass is 10.1. The van der Waals surface area contributed by atoms with E-state index in [1.54, 1.807) is 35.2 Å². The summed E-state index contributed by atoms with van der Waals surface area (Å²) in [5.74, 6) is -1.63. The molecule has 0 radical (unpaired) electrons. The molecule has 3 aromatic rings. The Labute approximate surface area is 190 Å². The fourth-order valence-corrected chi connectivity index (χ4v) is 5.78. The van der Waals surface area contributed by atoms with E-state index in [2.05, 4.69) is 15.5 Å². The Morgan fingerprint density at radius 3 is 2.59 bits per heavy atom. The molecule has 0 bridgehead atoms. The summed E-state index contributed by atoms with van der Waals surface area (Å²) in [5, 5.41) is 11.5. The van der Waals surface area contributed by atoms with Crippen LogP contribution in [0.25, 0.3) is 0 Å². The number of benzene rings is 2. The number of sulfone groups is 1. The van der Waals surface area contributed by atoms with Gasteiger partial charge < -0.3 is 4.90 Å². The summed E-state index contributed by atoms with van der Waals surface area (Å²) in [6, 6.07) is 16.4. The summed E-state index contributed by atoms with van der Waals surface area (Å²) in [6.07, 6.45) is 0.308. The molecule has 1 atom stereocenters. The van der Waals surface area contributed by atoms with E-state index in [9.17, 15) is 18.0 Å². The number of anilines is 2. The average Bonchev–Trinajstić information content (AvgIpc) is 3.35. The van der Waals surface area contributed by atoms with E-state index in [4.69, 9.17) is 0 Å². The molecule has 2 aromatic carbocycles. The minimum Gasteiger partial charge on any atom is -0.311 e. The molecule has 1 aliphatic heterocycles. The van der Waals surface area contributed by atoms with Gasteiger partial charge in [-0.2, -0.15) is 0 Å². The maximum absolute atomic E-state index is 12.5. The molecule has 1 aliphatic rings. The van der Waals surface area contributed by atoms with Crippen LogP contribution in [0.4, 0.5) is 10.8 Å². The molecule has 1 aromatic heterocycles. The molecule has 0 unspecified atom stereocenters. The van der Waals surface area contributed by atoms with Gasteiger partial charge in [0.25, 0.3) is 0 Å². The van der Waals surface area contributed by atoms with E-state index < -0.39 is 21.5 Å². The monoisotopic (exact) mass is 470 g/mol. The van der Waals surface area contributed by atoms with Crippen LogP contribution >= 0.6 is 11.3 Å². The summed E-state index contributed by atoms with van der Waals surface area (Å²) < 4.78 is 24.6. The molecule has 8 nitrogen and oxygen atoms in total. The lowest BCUT2D eigenvalue weighted by Crippen LogP contribution is -2.25. The Morgan fingerprint density at radius 2 is 1.84 bits per heavy atom. The van der Waals surface area contributed by atoms with Crippen LogP contribution < -0.4 is 10.2 Å². The number of amides is 2. The first-order valence-corrected chi connectivity index (χ1v) is 12.7. The zero-order chi connectivity index (χ0) is 22.7. The Morgan fingerprint density at radius 1 is 1.12 bits per heavy atom. The maximum atomic E-state index is 12.5. The molecule has 2 heterocycles. The van der Waals surface area contributed by atoms with Gasteiger partial charge in [-0.15, -0.1) is 10.2 Å². The van der Waals surface area contributed by atoms with Gasteiger partial charge in [-0.25, -0.2) is 8.42 Å². The van der Waals surface area contributed by atoms with Crippen molar-refractivity contribution in [3.05, 3.63) is 70.7 Å². The highest BCUT2D eigenvalue weighted by molar-refractivity contribution is 7.91. The van der Waals surface area contributed by atoms with Crippen LogP contribution in [0, 0.1) is 6.92 Å². The average molecular weight is 471 g/mol. The molecule has 0 aliphatic carbocycles. The van der Waals surface area contributed by atoms with Crippen molar-refractivity contribution in [1.29, 1.82) is 0 Å². The predicted molar refractivity (Wildman–Crippen MR) is 123 cm³/mol. The molecule has 2 amide bonds. The SMILES string of the molecule is Cc1ccccc1N1C[C@@H](c2nnc(NC(=O)CS(=O)(=O)Cc3ccccc3)s2)CC1=O. The van der Waals surface area contributed by atoms with Crippen molar-refractivity contribution >= 4 is 43.8 Å². The van der Waals surface area contributed by atoms with E-state index in [0.717, 1.165) is 22.6 Å². The Balaban J connectivity index is 1.37. The number of para-hydroxylation sites is 1. The third-order valence-corrected chi connectivity index (χ3v) is 7.62. The zero-order valence-corrected chi connectivity index (χ0v) is 19.0. The number of hydrogen-bond acceptors (Lipinski definition) is 7. The van der Waals surface area contributed by atoms with Gasteiger partial charge in [0.2, 0.25) is 16.9 Å². The van der Waals surface area contributed by atoms with Gasteiger partial charge >= 0.3 is 0 Å². The fourth-order valence-electron chi connectivity index (χ4n) is 3.66. The summed E-state index contributed by atoms with van der Waals surface area (Å²) >= 11 is 1.16. The van der Waals surface area contributed by atoms with Gasteiger partial charge in [-0.3, -0.25) is 14.9 Å². The van der Waals surface area contributed by atoms with E-state index in [1.807, 2.05) is 31.2 Å². The predicted octanol–water partition coefficient (Wildman–Crippen LogP) is 2.92. The number of nitrogens with zero attached hydrogens (tertiary/aromatic N) is 3. The van der Waals surface area contributed by atoms with Crippen molar-refractivity contribution in [3.63, 3.8) is 0 Å². The zero-order valence-electron chi connectivity index (χ0n) is 17.4. The highest BCUT2D eigenvalue weighted by atomic mass is 32.2.